The Morgan fingerprint density at radius 1 is 1.36 bits per heavy atom. The van der Waals surface area contributed by atoms with Crippen LogP contribution in [0.15, 0.2) is 18.2 Å². The molecule has 0 aliphatic carbocycles. The number of halogens is 2. The Kier molecular flexibility index (Phi) is 5.67. The molecule has 1 aliphatic heterocycles. The van der Waals surface area contributed by atoms with Crippen LogP contribution in [0, 0.1) is 0 Å². The maximum absolute atomic E-state index is 12.3. The second kappa shape index (κ2) is 7.31. The molecule has 0 spiro atoms. The largest absolute Gasteiger partial charge is 0.479 e. The fraction of sp³-hybridized carbons (Fsp3) is 0.467. The summed E-state index contributed by atoms with van der Waals surface area (Å²) in [6, 6.07) is 5.16. The Hall–Kier alpha value is -1.30. The number of amides is 1. The monoisotopic (exact) mass is 345 g/mol. The van der Waals surface area contributed by atoms with Crippen LogP contribution in [0.25, 0.3) is 0 Å². The predicted octanol–water partition coefficient (Wildman–Crippen LogP) is 2.63. The Balaban J connectivity index is 1.95. The van der Waals surface area contributed by atoms with Crippen molar-refractivity contribution in [1.29, 1.82) is 0 Å². The number of morpholine rings is 1. The molecule has 1 unspecified atom stereocenters. The molecule has 1 saturated heterocycles. The third-order valence-corrected chi connectivity index (χ3v) is 4.10. The summed E-state index contributed by atoms with van der Waals surface area (Å²) in [6.45, 7) is 2.23. The van der Waals surface area contributed by atoms with Crippen LogP contribution in [0.3, 0.4) is 0 Å². The van der Waals surface area contributed by atoms with Gasteiger partial charge in [0.2, 0.25) is 5.91 Å². The van der Waals surface area contributed by atoms with E-state index in [1.807, 2.05) is 0 Å². The maximum atomic E-state index is 12.3. The van der Waals surface area contributed by atoms with Crippen molar-refractivity contribution in [1.82, 2.24) is 4.90 Å². The number of carboxylic acid groups (broad SMARTS) is 1. The van der Waals surface area contributed by atoms with Gasteiger partial charge in [-0.1, -0.05) is 29.3 Å². The molecular weight excluding hydrogens is 329 g/mol. The SMILES string of the molecule is C[C@@H]1CN(C(=O)CCc2ccc(Cl)cc2Cl)CC(C(=O)O)O1. The Labute approximate surface area is 138 Å². The standard InChI is InChI=1S/C15H17Cl2NO4/c1-9-7-18(8-13(22-9)15(20)21)14(19)5-3-10-2-4-11(16)6-12(10)17/h2,4,6,9,13H,3,5,7-8H2,1H3,(H,20,21)/t9-,13?/m1/s1. The number of aliphatic carboxylic acids is 1. The molecular formula is C15H17Cl2NO4. The van der Waals surface area contributed by atoms with Crippen molar-refractivity contribution in [2.24, 2.45) is 0 Å². The highest BCUT2D eigenvalue weighted by molar-refractivity contribution is 6.35. The third kappa shape index (κ3) is 4.35. The van der Waals surface area contributed by atoms with E-state index in [9.17, 15) is 9.59 Å². The zero-order valence-electron chi connectivity index (χ0n) is 12.1. The zero-order valence-corrected chi connectivity index (χ0v) is 13.6. The van der Waals surface area contributed by atoms with E-state index in [1.54, 1.807) is 25.1 Å². The summed E-state index contributed by atoms with van der Waals surface area (Å²) >= 11 is 11.9. The molecule has 0 aromatic heterocycles. The van der Waals surface area contributed by atoms with Gasteiger partial charge in [-0.05, 0) is 31.0 Å². The molecule has 7 heteroatoms. The van der Waals surface area contributed by atoms with Gasteiger partial charge < -0.3 is 14.7 Å². The van der Waals surface area contributed by atoms with Crippen LogP contribution in [0.1, 0.15) is 18.9 Å². The first-order valence-corrected chi connectivity index (χ1v) is 7.72. The summed E-state index contributed by atoms with van der Waals surface area (Å²) in [5.74, 6) is -1.16. The van der Waals surface area contributed by atoms with Gasteiger partial charge in [-0.3, -0.25) is 4.79 Å². The minimum atomic E-state index is -1.05. The molecule has 5 nitrogen and oxygen atoms in total. The molecule has 1 heterocycles. The van der Waals surface area contributed by atoms with Gasteiger partial charge in [-0.25, -0.2) is 4.79 Å². The van der Waals surface area contributed by atoms with Gasteiger partial charge in [0.05, 0.1) is 12.6 Å². The number of aryl methyl sites for hydroxylation is 1. The van der Waals surface area contributed by atoms with Gasteiger partial charge in [0, 0.05) is 23.0 Å². The highest BCUT2D eigenvalue weighted by atomic mass is 35.5. The molecule has 2 rings (SSSR count). The van der Waals surface area contributed by atoms with Crippen LogP contribution < -0.4 is 0 Å². The van der Waals surface area contributed by atoms with E-state index in [2.05, 4.69) is 0 Å². The third-order valence-electron chi connectivity index (χ3n) is 3.51. The molecule has 0 radical (unpaired) electrons. The second-order valence-electron chi connectivity index (χ2n) is 5.31. The van der Waals surface area contributed by atoms with Crippen LogP contribution in [0.2, 0.25) is 10.0 Å². The number of carboxylic acids is 1. The lowest BCUT2D eigenvalue weighted by Crippen LogP contribution is -2.51. The molecule has 22 heavy (non-hydrogen) atoms. The number of carbonyl (C=O) groups excluding carboxylic acids is 1. The molecule has 0 bridgehead atoms. The number of hydrogen-bond donors (Lipinski definition) is 1. The summed E-state index contributed by atoms with van der Waals surface area (Å²) < 4.78 is 5.29. The maximum Gasteiger partial charge on any atom is 0.334 e. The first-order valence-electron chi connectivity index (χ1n) is 6.96. The number of benzene rings is 1. The zero-order chi connectivity index (χ0) is 16.3. The van der Waals surface area contributed by atoms with Gasteiger partial charge in [0.25, 0.3) is 0 Å². The van der Waals surface area contributed by atoms with Gasteiger partial charge >= 0.3 is 5.97 Å². The number of hydrogen-bond acceptors (Lipinski definition) is 3. The fourth-order valence-corrected chi connectivity index (χ4v) is 2.92. The topological polar surface area (TPSA) is 66.8 Å². The van der Waals surface area contributed by atoms with Gasteiger partial charge in [0.15, 0.2) is 6.10 Å². The van der Waals surface area contributed by atoms with Crippen LogP contribution >= 0.6 is 23.2 Å². The van der Waals surface area contributed by atoms with Crippen molar-refractivity contribution >= 4 is 35.1 Å². The van der Waals surface area contributed by atoms with E-state index < -0.39 is 12.1 Å². The van der Waals surface area contributed by atoms with Gasteiger partial charge in [-0.2, -0.15) is 0 Å². The lowest BCUT2D eigenvalue weighted by molar-refractivity contribution is -0.166. The van der Waals surface area contributed by atoms with E-state index in [1.165, 1.54) is 4.90 Å². The number of ether oxygens (including phenoxy) is 1. The number of nitrogens with zero attached hydrogens (tertiary/aromatic N) is 1. The molecule has 120 valence electrons. The summed E-state index contributed by atoms with van der Waals surface area (Å²) in [6.07, 6.45) is -0.511. The molecule has 2 atom stereocenters. The number of carbonyl (C=O) groups is 2. The quantitative estimate of drug-likeness (QED) is 0.910. The first kappa shape index (κ1) is 17.1. The second-order valence-corrected chi connectivity index (χ2v) is 6.15. The van der Waals surface area contributed by atoms with Gasteiger partial charge in [-0.15, -0.1) is 0 Å². The van der Waals surface area contributed by atoms with Gasteiger partial charge in [0.1, 0.15) is 0 Å². The van der Waals surface area contributed by atoms with Crippen LogP contribution in [-0.2, 0) is 20.7 Å². The predicted molar refractivity (Wildman–Crippen MR) is 83.3 cm³/mol. The first-order chi connectivity index (χ1) is 10.4. The minimum Gasteiger partial charge on any atom is -0.479 e. The van der Waals surface area contributed by atoms with Crippen molar-refractivity contribution in [3.8, 4) is 0 Å². The van der Waals surface area contributed by atoms with Crippen LogP contribution in [0.4, 0.5) is 0 Å². The summed E-state index contributed by atoms with van der Waals surface area (Å²) in [7, 11) is 0. The van der Waals surface area contributed by atoms with E-state index in [0.717, 1.165) is 5.56 Å². The van der Waals surface area contributed by atoms with E-state index in [0.29, 0.717) is 23.0 Å². The Morgan fingerprint density at radius 2 is 2.09 bits per heavy atom. The molecule has 1 N–H and O–H groups in total. The molecule has 1 aliphatic rings. The van der Waals surface area contributed by atoms with E-state index in [4.69, 9.17) is 33.0 Å². The number of rotatable bonds is 4. The van der Waals surface area contributed by atoms with Crippen LogP contribution in [-0.4, -0.2) is 47.2 Å². The lowest BCUT2D eigenvalue weighted by Gasteiger charge is -2.35. The molecule has 1 amide bonds. The molecule has 0 saturated carbocycles. The van der Waals surface area contributed by atoms with Crippen molar-refractivity contribution in [2.45, 2.75) is 32.0 Å². The smallest absolute Gasteiger partial charge is 0.334 e. The molecule has 1 aromatic carbocycles. The van der Waals surface area contributed by atoms with Crippen molar-refractivity contribution in [3.63, 3.8) is 0 Å². The molecule has 1 fully saturated rings. The van der Waals surface area contributed by atoms with Crippen molar-refractivity contribution in [3.05, 3.63) is 33.8 Å². The summed E-state index contributed by atoms with van der Waals surface area (Å²) in [5, 5.41) is 10.1. The van der Waals surface area contributed by atoms with Crippen molar-refractivity contribution in [2.75, 3.05) is 13.1 Å². The normalized spacial score (nSPS) is 21.7. The highest BCUT2D eigenvalue weighted by Crippen LogP contribution is 2.22. The van der Waals surface area contributed by atoms with Crippen molar-refractivity contribution < 1.29 is 19.4 Å². The lowest BCUT2D eigenvalue weighted by atomic mass is 10.1. The van der Waals surface area contributed by atoms with E-state index >= 15 is 0 Å². The summed E-state index contributed by atoms with van der Waals surface area (Å²) in [4.78, 5) is 24.8. The fourth-order valence-electron chi connectivity index (χ4n) is 2.42. The Morgan fingerprint density at radius 3 is 2.73 bits per heavy atom. The average molecular weight is 346 g/mol. The molecule has 1 aromatic rings. The average Bonchev–Trinajstić information content (AvgIpc) is 2.45. The summed E-state index contributed by atoms with van der Waals surface area (Å²) in [5.41, 5.74) is 0.843. The van der Waals surface area contributed by atoms with Crippen LogP contribution in [0.5, 0.6) is 0 Å². The minimum absolute atomic E-state index is 0.0762. The highest BCUT2D eigenvalue weighted by Gasteiger charge is 2.32. The van der Waals surface area contributed by atoms with E-state index in [-0.39, 0.29) is 25.0 Å². The Bertz CT molecular complexity index is 579.